The SMILES string of the molecule is CCCc1cc2c(c(=O)n1CCO)C(c1ccccc1)C(C#N)=C(N)O2. The average Bonchev–Trinajstić information content (AvgIpc) is 2.65. The fraction of sp³-hybridized carbons (Fsp3) is 0.300. The van der Waals surface area contributed by atoms with E-state index in [-0.39, 0.29) is 30.2 Å². The number of ether oxygens (including phenoxy) is 1. The predicted molar refractivity (Wildman–Crippen MR) is 97.5 cm³/mol. The molecule has 0 saturated carbocycles. The fourth-order valence-corrected chi connectivity index (χ4v) is 3.41. The molecule has 6 nitrogen and oxygen atoms in total. The Morgan fingerprint density at radius 3 is 2.69 bits per heavy atom. The zero-order valence-electron chi connectivity index (χ0n) is 14.6. The second kappa shape index (κ2) is 7.46. The number of aliphatic hydroxyl groups excluding tert-OH is 1. The van der Waals surface area contributed by atoms with E-state index in [9.17, 15) is 15.2 Å². The quantitative estimate of drug-likeness (QED) is 0.858. The van der Waals surface area contributed by atoms with Gasteiger partial charge in [0.05, 0.1) is 18.1 Å². The van der Waals surface area contributed by atoms with Crippen LogP contribution in [0.3, 0.4) is 0 Å². The average molecular weight is 351 g/mol. The van der Waals surface area contributed by atoms with Gasteiger partial charge in [0.1, 0.15) is 17.4 Å². The van der Waals surface area contributed by atoms with Gasteiger partial charge in [0.15, 0.2) is 0 Å². The molecular formula is C20H21N3O3. The molecule has 3 rings (SSSR count). The van der Waals surface area contributed by atoms with Crippen LogP contribution < -0.4 is 16.0 Å². The molecule has 2 aromatic rings. The van der Waals surface area contributed by atoms with Crippen LogP contribution in [0.5, 0.6) is 5.75 Å². The highest BCUT2D eigenvalue weighted by molar-refractivity contribution is 5.55. The number of allylic oxidation sites excluding steroid dienone is 1. The third-order valence-electron chi connectivity index (χ3n) is 4.53. The van der Waals surface area contributed by atoms with Gasteiger partial charge in [0.25, 0.3) is 5.56 Å². The molecule has 134 valence electrons. The van der Waals surface area contributed by atoms with E-state index in [0.29, 0.717) is 17.7 Å². The standard InChI is InChI=1S/C20H21N3O3/c1-2-6-14-11-16-18(20(25)23(14)9-10-24)17(13-7-4-3-5-8-13)15(12-21)19(22)26-16/h3-5,7-8,11,17,24H,2,6,9-10,22H2,1H3. The Morgan fingerprint density at radius 1 is 1.35 bits per heavy atom. The number of rotatable bonds is 5. The van der Waals surface area contributed by atoms with E-state index in [2.05, 4.69) is 6.07 Å². The van der Waals surface area contributed by atoms with Crippen molar-refractivity contribution >= 4 is 0 Å². The van der Waals surface area contributed by atoms with E-state index in [0.717, 1.165) is 17.7 Å². The molecule has 0 radical (unpaired) electrons. The van der Waals surface area contributed by atoms with E-state index in [4.69, 9.17) is 10.5 Å². The van der Waals surface area contributed by atoms with Crippen LogP contribution in [0.15, 0.2) is 52.6 Å². The first-order valence-corrected chi connectivity index (χ1v) is 8.62. The van der Waals surface area contributed by atoms with E-state index in [1.54, 1.807) is 10.6 Å². The lowest BCUT2D eigenvalue weighted by molar-refractivity contribution is 0.271. The van der Waals surface area contributed by atoms with Gasteiger partial charge in [-0.15, -0.1) is 0 Å². The molecule has 1 aromatic heterocycles. The molecule has 1 unspecified atom stereocenters. The smallest absolute Gasteiger partial charge is 0.258 e. The Bertz CT molecular complexity index is 939. The minimum absolute atomic E-state index is 0.0237. The van der Waals surface area contributed by atoms with Crippen molar-refractivity contribution in [2.75, 3.05) is 6.61 Å². The van der Waals surface area contributed by atoms with Gasteiger partial charge in [-0.05, 0) is 12.0 Å². The third kappa shape index (κ3) is 2.98. The third-order valence-corrected chi connectivity index (χ3v) is 4.53. The summed E-state index contributed by atoms with van der Waals surface area (Å²) in [6.45, 7) is 2.07. The van der Waals surface area contributed by atoms with Crippen LogP contribution in [0.1, 0.15) is 36.1 Å². The van der Waals surface area contributed by atoms with Gasteiger partial charge >= 0.3 is 0 Å². The first-order chi connectivity index (χ1) is 12.6. The van der Waals surface area contributed by atoms with E-state index in [1.807, 2.05) is 37.3 Å². The molecule has 0 spiro atoms. The lowest BCUT2D eigenvalue weighted by atomic mass is 9.84. The maximum atomic E-state index is 13.3. The number of aromatic nitrogens is 1. The number of nitrogens with zero attached hydrogens (tertiary/aromatic N) is 2. The van der Waals surface area contributed by atoms with E-state index < -0.39 is 5.92 Å². The Morgan fingerprint density at radius 2 is 2.08 bits per heavy atom. The van der Waals surface area contributed by atoms with Gasteiger partial charge in [-0.1, -0.05) is 43.7 Å². The van der Waals surface area contributed by atoms with E-state index in [1.165, 1.54) is 0 Å². The number of nitrogens with two attached hydrogens (primary N) is 1. The molecule has 6 heteroatoms. The molecule has 1 atom stereocenters. The summed E-state index contributed by atoms with van der Waals surface area (Å²) in [6.07, 6.45) is 1.52. The second-order valence-corrected chi connectivity index (χ2v) is 6.18. The molecule has 1 aromatic carbocycles. The summed E-state index contributed by atoms with van der Waals surface area (Å²) < 4.78 is 7.21. The lowest BCUT2D eigenvalue weighted by Gasteiger charge is -2.27. The summed E-state index contributed by atoms with van der Waals surface area (Å²) in [5.74, 6) is -0.174. The van der Waals surface area contributed by atoms with Crippen LogP contribution in [0, 0.1) is 11.3 Å². The molecule has 0 saturated heterocycles. The predicted octanol–water partition coefficient (Wildman–Crippen LogP) is 2.01. The molecule has 0 bridgehead atoms. The normalized spacial score (nSPS) is 16.0. The van der Waals surface area contributed by atoms with Gasteiger partial charge in [0.2, 0.25) is 5.88 Å². The Kier molecular flexibility index (Phi) is 5.10. The topological polar surface area (TPSA) is 101 Å². The summed E-state index contributed by atoms with van der Waals surface area (Å²) >= 11 is 0. The molecule has 0 fully saturated rings. The first kappa shape index (κ1) is 17.8. The van der Waals surface area contributed by atoms with Gasteiger partial charge in [-0.2, -0.15) is 5.26 Å². The summed E-state index contributed by atoms with van der Waals surface area (Å²) in [5, 5.41) is 19.0. The van der Waals surface area contributed by atoms with Crippen molar-refractivity contribution in [3.63, 3.8) is 0 Å². The lowest BCUT2D eigenvalue weighted by Crippen LogP contribution is -2.34. The fourth-order valence-electron chi connectivity index (χ4n) is 3.41. The Labute approximate surface area is 151 Å². The summed E-state index contributed by atoms with van der Waals surface area (Å²) in [4.78, 5) is 13.3. The molecular weight excluding hydrogens is 330 g/mol. The molecule has 3 N–H and O–H groups in total. The highest BCUT2D eigenvalue weighted by Crippen LogP contribution is 2.40. The number of nitriles is 1. The molecule has 1 aliphatic rings. The molecule has 26 heavy (non-hydrogen) atoms. The maximum absolute atomic E-state index is 13.3. The van der Waals surface area contributed by atoms with Crippen molar-refractivity contribution in [3.8, 4) is 11.8 Å². The molecule has 1 aliphatic heterocycles. The zero-order valence-corrected chi connectivity index (χ0v) is 14.6. The largest absolute Gasteiger partial charge is 0.440 e. The number of fused-ring (bicyclic) bond motifs is 1. The number of benzene rings is 1. The summed E-state index contributed by atoms with van der Waals surface area (Å²) in [6, 6.07) is 13.2. The van der Waals surface area contributed by atoms with Gasteiger partial charge in [-0.3, -0.25) is 4.79 Å². The van der Waals surface area contributed by atoms with Gasteiger partial charge in [0, 0.05) is 18.3 Å². The summed E-state index contributed by atoms with van der Waals surface area (Å²) in [7, 11) is 0. The van der Waals surface area contributed by atoms with Crippen molar-refractivity contribution in [2.24, 2.45) is 5.73 Å². The maximum Gasteiger partial charge on any atom is 0.258 e. The van der Waals surface area contributed by atoms with Crippen LogP contribution in [0.4, 0.5) is 0 Å². The second-order valence-electron chi connectivity index (χ2n) is 6.18. The highest BCUT2D eigenvalue weighted by atomic mass is 16.5. The molecule has 2 heterocycles. The van der Waals surface area contributed by atoms with E-state index >= 15 is 0 Å². The van der Waals surface area contributed by atoms with Crippen molar-refractivity contribution in [2.45, 2.75) is 32.2 Å². The van der Waals surface area contributed by atoms with Crippen molar-refractivity contribution in [1.29, 1.82) is 5.26 Å². The first-order valence-electron chi connectivity index (χ1n) is 8.62. The minimum Gasteiger partial charge on any atom is -0.440 e. The van der Waals surface area contributed by atoms with Crippen molar-refractivity contribution in [3.05, 3.63) is 75.0 Å². The number of aliphatic hydroxyl groups is 1. The van der Waals surface area contributed by atoms with Crippen molar-refractivity contribution < 1.29 is 9.84 Å². The summed E-state index contributed by atoms with van der Waals surface area (Å²) in [5.41, 5.74) is 7.92. The highest BCUT2D eigenvalue weighted by Gasteiger charge is 2.34. The Balaban J connectivity index is 2.30. The zero-order chi connectivity index (χ0) is 18.7. The molecule has 0 aliphatic carbocycles. The monoisotopic (exact) mass is 351 g/mol. The molecule has 0 amide bonds. The Hall–Kier alpha value is -3.04. The van der Waals surface area contributed by atoms with Gasteiger partial charge in [-0.25, -0.2) is 0 Å². The number of aryl methyl sites for hydroxylation is 1. The minimum atomic E-state index is -0.585. The number of pyridine rings is 1. The van der Waals surface area contributed by atoms with Crippen LogP contribution in [-0.4, -0.2) is 16.3 Å². The van der Waals surface area contributed by atoms with Gasteiger partial charge < -0.3 is 20.1 Å². The van der Waals surface area contributed by atoms with Crippen LogP contribution in [0.25, 0.3) is 0 Å². The van der Waals surface area contributed by atoms with Crippen LogP contribution >= 0.6 is 0 Å². The van der Waals surface area contributed by atoms with Crippen LogP contribution in [0.2, 0.25) is 0 Å². The number of hydrogen-bond acceptors (Lipinski definition) is 5. The van der Waals surface area contributed by atoms with Crippen molar-refractivity contribution in [1.82, 2.24) is 4.57 Å². The van der Waals surface area contributed by atoms with Crippen LogP contribution in [-0.2, 0) is 13.0 Å². The number of hydrogen-bond donors (Lipinski definition) is 2.